The Labute approximate surface area is 95.6 Å². The van der Waals surface area contributed by atoms with Gasteiger partial charge < -0.3 is 16.8 Å². The first-order chi connectivity index (χ1) is 7.13. The van der Waals surface area contributed by atoms with Crippen molar-refractivity contribution in [3.8, 4) is 0 Å². The number of nitrogens with two attached hydrogens (primary N) is 2. The highest BCUT2D eigenvalue weighted by molar-refractivity contribution is 7.98. The van der Waals surface area contributed by atoms with Gasteiger partial charge in [-0.15, -0.1) is 0 Å². The van der Waals surface area contributed by atoms with E-state index in [1.165, 1.54) is 5.75 Å². The third-order valence-corrected chi connectivity index (χ3v) is 2.90. The standard InChI is InChI=1S/C11H19N3S/c1-8(5-6-15-2)14-9-3-4-10(12)11(13)7-9/h3-4,7-8,14H,5-6,12-13H2,1-2H3. The minimum Gasteiger partial charge on any atom is -0.397 e. The second-order valence-electron chi connectivity index (χ2n) is 3.67. The minimum atomic E-state index is 0.459. The van der Waals surface area contributed by atoms with Crippen LogP contribution in [0.2, 0.25) is 0 Å². The number of benzene rings is 1. The summed E-state index contributed by atoms with van der Waals surface area (Å²) < 4.78 is 0. The fourth-order valence-corrected chi connectivity index (χ4v) is 1.91. The first-order valence-electron chi connectivity index (χ1n) is 5.04. The molecule has 0 amide bonds. The van der Waals surface area contributed by atoms with Gasteiger partial charge in [-0.05, 0) is 43.6 Å². The Hall–Kier alpha value is -1.03. The highest BCUT2D eigenvalue weighted by Crippen LogP contribution is 2.20. The molecule has 0 aliphatic heterocycles. The Morgan fingerprint density at radius 3 is 2.67 bits per heavy atom. The summed E-state index contributed by atoms with van der Waals surface area (Å²) in [7, 11) is 0. The summed E-state index contributed by atoms with van der Waals surface area (Å²) in [4.78, 5) is 0. The van der Waals surface area contributed by atoms with Crippen LogP contribution < -0.4 is 16.8 Å². The summed E-state index contributed by atoms with van der Waals surface area (Å²) in [6, 6.07) is 6.13. The van der Waals surface area contributed by atoms with E-state index in [1.807, 2.05) is 30.0 Å². The van der Waals surface area contributed by atoms with E-state index in [-0.39, 0.29) is 0 Å². The SMILES string of the molecule is CSCCC(C)Nc1ccc(N)c(N)c1. The molecule has 1 unspecified atom stereocenters. The van der Waals surface area contributed by atoms with E-state index in [1.54, 1.807) is 0 Å². The summed E-state index contributed by atoms with van der Waals surface area (Å²) in [5, 5.41) is 3.40. The molecule has 5 N–H and O–H groups in total. The highest BCUT2D eigenvalue weighted by Gasteiger charge is 2.02. The predicted molar refractivity (Wildman–Crippen MR) is 71.4 cm³/mol. The molecule has 3 nitrogen and oxygen atoms in total. The number of nitrogens with one attached hydrogen (secondary N) is 1. The van der Waals surface area contributed by atoms with Gasteiger partial charge in [0.1, 0.15) is 0 Å². The Morgan fingerprint density at radius 1 is 1.33 bits per heavy atom. The van der Waals surface area contributed by atoms with Crippen molar-refractivity contribution in [1.82, 2.24) is 0 Å². The molecule has 0 saturated carbocycles. The molecule has 0 fully saturated rings. The van der Waals surface area contributed by atoms with Gasteiger partial charge >= 0.3 is 0 Å². The maximum atomic E-state index is 5.73. The minimum absolute atomic E-state index is 0.459. The van der Waals surface area contributed by atoms with E-state index in [9.17, 15) is 0 Å². The number of nitrogen functional groups attached to an aromatic ring is 2. The van der Waals surface area contributed by atoms with Crippen LogP contribution >= 0.6 is 11.8 Å². The van der Waals surface area contributed by atoms with E-state index in [0.29, 0.717) is 17.4 Å². The molecule has 1 rings (SSSR count). The molecule has 0 aliphatic rings. The average molecular weight is 225 g/mol. The summed E-state index contributed by atoms with van der Waals surface area (Å²) >= 11 is 1.86. The number of hydrogen-bond donors (Lipinski definition) is 3. The summed E-state index contributed by atoms with van der Waals surface area (Å²) in [6.45, 7) is 2.17. The molecule has 4 heteroatoms. The number of thioether (sulfide) groups is 1. The highest BCUT2D eigenvalue weighted by atomic mass is 32.2. The Kier molecular flexibility index (Phi) is 4.62. The predicted octanol–water partition coefficient (Wildman–Crippen LogP) is 2.40. The Balaban J connectivity index is 2.53. The van der Waals surface area contributed by atoms with Crippen LogP contribution in [0.15, 0.2) is 18.2 Å². The molecule has 0 bridgehead atoms. The third-order valence-electron chi connectivity index (χ3n) is 2.25. The van der Waals surface area contributed by atoms with Crippen LogP contribution in [0.3, 0.4) is 0 Å². The van der Waals surface area contributed by atoms with Crippen molar-refractivity contribution < 1.29 is 0 Å². The van der Waals surface area contributed by atoms with Crippen LogP contribution in [-0.4, -0.2) is 18.1 Å². The van der Waals surface area contributed by atoms with Crippen LogP contribution in [0.25, 0.3) is 0 Å². The fourth-order valence-electron chi connectivity index (χ4n) is 1.32. The second kappa shape index (κ2) is 5.75. The van der Waals surface area contributed by atoms with Crippen LogP contribution in [0.1, 0.15) is 13.3 Å². The van der Waals surface area contributed by atoms with Crippen molar-refractivity contribution in [3.05, 3.63) is 18.2 Å². The smallest absolute Gasteiger partial charge is 0.0568 e. The van der Waals surface area contributed by atoms with Crippen LogP contribution in [0, 0.1) is 0 Å². The maximum absolute atomic E-state index is 5.73. The van der Waals surface area contributed by atoms with Crippen molar-refractivity contribution >= 4 is 28.8 Å². The zero-order valence-electron chi connectivity index (χ0n) is 9.29. The van der Waals surface area contributed by atoms with Gasteiger partial charge in [0, 0.05) is 11.7 Å². The van der Waals surface area contributed by atoms with E-state index in [2.05, 4.69) is 18.5 Å². The zero-order valence-corrected chi connectivity index (χ0v) is 10.1. The topological polar surface area (TPSA) is 64.1 Å². The molecule has 0 heterocycles. The molecule has 1 aromatic carbocycles. The number of rotatable bonds is 5. The molecule has 84 valence electrons. The molecule has 0 aromatic heterocycles. The Bertz CT molecular complexity index is 315. The quantitative estimate of drug-likeness (QED) is 0.673. The zero-order chi connectivity index (χ0) is 11.3. The van der Waals surface area contributed by atoms with E-state index < -0.39 is 0 Å². The van der Waals surface area contributed by atoms with E-state index in [0.717, 1.165) is 12.1 Å². The summed E-state index contributed by atoms with van der Waals surface area (Å²) in [5.41, 5.74) is 13.7. The maximum Gasteiger partial charge on any atom is 0.0568 e. The molecular weight excluding hydrogens is 206 g/mol. The second-order valence-corrected chi connectivity index (χ2v) is 4.66. The van der Waals surface area contributed by atoms with Gasteiger partial charge in [0.25, 0.3) is 0 Å². The average Bonchev–Trinajstić information content (AvgIpc) is 2.20. The van der Waals surface area contributed by atoms with Gasteiger partial charge in [0.2, 0.25) is 0 Å². The fraction of sp³-hybridized carbons (Fsp3) is 0.455. The molecular formula is C11H19N3S. The van der Waals surface area contributed by atoms with Gasteiger partial charge in [-0.25, -0.2) is 0 Å². The van der Waals surface area contributed by atoms with Crippen LogP contribution in [-0.2, 0) is 0 Å². The van der Waals surface area contributed by atoms with Gasteiger partial charge in [0.05, 0.1) is 11.4 Å². The van der Waals surface area contributed by atoms with Crippen molar-refractivity contribution in [2.75, 3.05) is 28.8 Å². The number of anilines is 3. The summed E-state index contributed by atoms with van der Waals surface area (Å²) in [6.07, 6.45) is 3.26. The van der Waals surface area contributed by atoms with Crippen molar-refractivity contribution in [2.24, 2.45) is 0 Å². The lowest BCUT2D eigenvalue weighted by Crippen LogP contribution is -2.16. The lowest BCUT2D eigenvalue weighted by molar-refractivity contribution is 0.772. The Morgan fingerprint density at radius 2 is 2.07 bits per heavy atom. The van der Waals surface area contributed by atoms with Crippen LogP contribution in [0.5, 0.6) is 0 Å². The number of hydrogen-bond acceptors (Lipinski definition) is 4. The van der Waals surface area contributed by atoms with E-state index >= 15 is 0 Å². The first-order valence-corrected chi connectivity index (χ1v) is 6.43. The normalized spacial score (nSPS) is 12.4. The molecule has 1 aromatic rings. The summed E-state index contributed by atoms with van der Waals surface area (Å²) in [5.74, 6) is 1.17. The molecule has 0 aliphatic carbocycles. The molecule has 0 saturated heterocycles. The van der Waals surface area contributed by atoms with Crippen molar-refractivity contribution in [2.45, 2.75) is 19.4 Å². The third kappa shape index (κ3) is 3.91. The van der Waals surface area contributed by atoms with Gasteiger partial charge in [-0.3, -0.25) is 0 Å². The molecule has 15 heavy (non-hydrogen) atoms. The largest absolute Gasteiger partial charge is 0.397 e. The molecule has 0 radical (unpaired) electrons. The van der Waals surface area contributed by atoms with Crippen LogP contribution in [0.4, 0.5) is 17.1 Å². The van der Waals surface area contributed by atoms with Gasteiger partial charge in [-0.2, -0.15) is 11.8 Å². The van der Waals surface area contributed by atoms with Gasteiger partial charge in [-0.1, -0.05) is 0 Å². The monoisotopic (exact) mass is 225 g/mol. The lowest BCUT2D eigenvalue weighted by Gasteiger charge is -2.15. The van der Waals surface area contributed by atoms with Gasteiger partial charge in [0.15, 0.2) is 0 Å². The van der Waals surface area contributed by atoms with Crippen molar-refractivity contribution in [3.63, 3.8) is 0 Å². The van der Waals surface area contributed by atoms with Crippen molar-refractivity contribution in [1.29, 1.82) is 0 Å². The first kappa shape index (κ1) is 12.0. The molecule has 1 atom stereocenters. The van der Waals surface area contributed by atoms with E-state index in [4.69, 9.17) is 11.5 Å². The lowest BCUT2D eigenvalue weighted by atomic mass is 10.2. The molecule has 0 spiro atoms.